The standard InChI is InChI=1S/C11H18N6O2S/c1-2-5-17-8-10(11(12)15-17)20(18,19)14-4-7-16-6-3-13-9-16/h3,6,8-9,14H,2,4-5,7H2,1H3,(H2,12,15). The molecule has 20 heavy (non-hydrogen) atoms. The number of imidazole rings is 1. The molecule has 0 aliphatic rings. The van der Waals surface area contributed by atoms with E-state index in [0.29, 0.717) is 13.1 Å². The number of aryl methyl sites for hydroxylation is 1. The van der Waals surface area contributed by atoms with Crippen LogP contribution in [-0.2, 0) is 23.1 Å². The number of rotatable bonds is 7. The molecule has 0 saturated heterocycles. The highest BCUT2D eigenvalue weighted by Crippen LogP contribution is 2.15. The van der Waals surface area contributed by atoms with Crippen LogP contribution in [0.25, 0.3) is 0 Å². The van der Waals surface area contributed by atoms with E-state index in [1.165, 1.54) is 6.20 Å². The fourth-order valence-corrected chi connectivity index (χ4v) is 2.87. The van der Waals surface area contributed by atoms with Gasteiger partial charge in [0.2, 0.25) is 10.0 Å². The Labute approximate surface area is 117 Å². The molecule has 0 aromatic carbocycles. The van der Waals surface area contributed by atoms with E-state index in [1.807, 2.05) is 6.92 Å². The maximum Gasteiger partial charge on any atom is 0.245 e. The van der Waals surface area contributed by atoms with Crippen molar-refractivity contribution in [2.24, 2.45) is 0 Å². The highest BCUT2D eigenvalue weighted by molar-refractivity contribution is 7.89. The predicted molar refractivity (Wildman–Crippen MR) is 74.3 cm³/mol. The molecule has 0 aliphatic carbocycles. The molecule has 2 aromatic heterocycles. The molecule has 2 heterocycles. The van der Waals surface area contributed by atoms with Crippen molar-refractivity contribution in [2.75, 3.05) is 12.3 Å². The minimum absolute atomic E-state index is 0.0218. The van der Waals surface area contributed by atoms with Crippen LogP contribution in [0.5, 0.6) is 0 Å². The summed E-state index contributed by atoms with van der Waals surface area (Å²) < 4.78 is 30.1. The first-order valence-electron chi connectivity index (χ1n) is 6.31. The van der Waals surface area contributed by atoms with Crippen LogP contribution < -0.4 is 10.5 Å². The number of anilines is 1. The van der Waals surface area contributed by atoms with E-state index in [2.05, 4.69) is 14.8 Å². The molecule has 0 fully saturated rings. The van der Waals surface area contributed by atoms with Gasteiger partial charge in [-0.05, 0) is 6.42 Å². The third-order valence-electron chi connectivity index (χ3n) is 2.72. The van der Waals surface area contributed by atoms with Crippen LogP contribution in [0.1, 0.15) is 13.3 Å². The van der Waals surface area contributed by atoms with Crippen LogP contribution >= 0.6 is 0 Å². The number of nitrogens with one attached hydrogen (secondary N) is 1. The molecule has 0 spiro atoms. The third kappa shape index (κ3) is 3.36. The number of nitrogen functional groups attached to an aromatic ring is 1. The van der Waals surface area contributed by atoms with Crippen molar-refractivity contribution in [3.63, 3.8) is 0 Å². The van der Waals surface area contributed by atoms with Crippen molar-refractivity contribution in [3.8, 4) is 0 Å². The molecule has 0 saturated carbocycles. The fourth-order valence-electron chi connectivity index (χ4n) is 1.77. The zero-order chi connectivity index (χ0) is 14.6. The van der Waals surface area contributed by atoms with Crippen LogP contribution in [0.15, 0.2) is 29.8 Å². The van der Waals surface area contributed by atoms with Crippen LogP contribution in [0.4, 0.5) is 5.82 Å². The van der Waals surface area contributed by atoms with Crippen molar-refractivity contribution < 1.29 is 8.42 Å². The van der Waals surface area contributed by atoms with E-state index in [1.54, 1.807) is 28.0 Å². The summed E-state index contributed by atoms with van der Waals surface area (Å²) in [6, 6.07) is 0. The molecule has 8 nitrogen and oxygen atoms in total. The van der Waals surface area contributed by atoms with Gasteiger partial charge in [0.15, 0.2) is 5.82 Å². The lowest BCUT2D eigenvalue weighted by atomic mass is 10.5. The third-order valence-corrected chi connectivity index (χ3v) is 4.20. The largest absolute Gasteiger partial charge is 0.381 e. The average Bonchev–Trinajstić information content (AvgIpc) is 2.99. The minimum atomic E-state index is -3.63. The fraction of sp³-hybridized carbons (Fsp3) is 0.455. The Morgan fingerprint density at radius 1 is 1.40 bits per heavy atom. The average molecular weight is 298 g/mol. The number of hydrogen-bond donors (Lipinski definition) is 2. The number of sulfonamides is 1. The van der Waals surface area contributed by atoms with Crippen molar-refractivity contribution in [3.05, 3.63) is 24.9 Å². The summed E-state index contributed by atoms with van der Waals surface area (Å²) in [5, 5.41) is 3.98. The SMILES string of the molecule is CCCn1cc(S(=O)(=O)NCCn2ccnc2)c(N)n1. The van der Waals surface area contributed by atoms with Gasteiger partial charge in [0.1, 0.15) is 4.90 Å². The predicted octanol–water partition coefficient (Wildman–Crippen LogP) is 0.0503. The van der Waals surface area contributed by atoms with E-state index < -0.39 is 10.0 Å². The zero-order valence-electron chi connectivity index (χ0n) is 11.2. The van der Waals surface area contributed by atoms with Gasteiger partial charge < -0.3 is 10.3 Å². The normalized spacial score (nSPS) is 11.8. The Hall–Kier alpha value is -1.87. The van der Waals surface area contributed by atoms with Crippen molar-refractivity contribution in [1.29, 1.82) is 0 Å². The second-order valence-corrected chi connectivity index (χ2v) is 6.08. The zero-order valence-corrected chi connectivity index (χ0v) is 12.0. The number of nitrogens with zero attached hydrogens (tertiary/aromatic N) is 4. The molecule has 9 heteroatoms. The van der Waals surface area contributed by atoms with Gasteiger partial charge in [-0.15, -0.1) is 0 Å². The summed E-state index contributed by atoms with van der Waals surface area (Å²) in [5.41, 5.74) is 5.66. The van der Waals surface area contributed by atoms with Gasteiger partial charge in [-0.2, -0.15) is 5.10 Å². The van der Waals surface area contributed by atoms with Crippen LogP contribution in [0.3, 0.4) is 0 Å². The Kier molecular flexibility index (Phi) is 4.40. The van der Waals surface area contributed by atoms with E-state index in [0.717, 1.165) is 6.42 Å². The van der Waals surface area contributed by atoms with Gasteiger partial charge in [0, 0.05) is 38.2 Å². The van der Waals surface area contributed by atoms with Gasteiger partial charge in [-0.1, -0.05) is 6.92 Å². The van der Waals surface area contributed by atoms with Gasteiger partial charge >= 0.3 is 0 Å². The molecular formula is C11H18N6O2S. The summed E-state index contributed by atoms with van der Waals surface area (Å²) in [6.45, 7) is 3.38. The number of nitrogens with two attached hydrogens (primary N) is 1. The maximum atomic E-state index is 12.1. The molecule has 0 atom stereocenters. The van der Waals surface area contributed by atoms with Gasteiger partial charge in [0.25, 0.3) is 0 Å². The molecular weight excluding hydrogens is 280 g/mol. The highest BCUT2D eigenvalue weighted by Gasteiger charge is 2.20. The lowest BCUT2D eigenvalue weighted by Crippen LogP contribution is -2.27. The smallest absolute Gasteiger partial charge is 0.245 e. The number of hydrogen-bond acceptors (Lipinski definition) is 5. The topological polar surface area (TPSA) is 108 Å². The molecule has 0 bridgehead atoms. The minimum Gasteiger partial charge on any atom is -0.381 e. The van der Waals surface area contributed by atoms with Crippen molar-refractivity contribution in [1.82, 2.24) is 24.1 Å². The summed E-state index contributed by atoms with van der Waals surface area (Å²) in [5.74, 6) is 0.0218. The Bertz CT molecular complexity index is 647. The van der Waals surface area contributed by atoms with Crippen LogP contribution in [0.2, 0.25) is 0 Å². The Morgan fingerprint density at radius 3 is 2.85 bits per heavy atom. The van der Waals surface area contributed by atoms with Gasteiger partial charge in [0.05, 0.1) is 6.33 Å². The van der Waals surface area contributed by atoms with Crippen LogP contribution in [-0.4, -0.2) is 34.3 Å². The quantitative estimate of drug-likeness (QED) is 0.751. The summed E-state index contributed by atoms with van der Waals surface area (Å²) in [6.07, 6.45) is 7.35. The molecule has 2 aromatic rings. The lowest BCUT2D eigenvalue weighted by Gasteiger charge is -2.05. The Balaban J connectivity index is 2.02. The summed E-state index contributed by atoms with van der Waals surface area (Å²) in [7, 11) is -3.63. The maximum absolute atomic E-state index is 12.1. The summed E-state index contributed by atoms with van der Waals surface area (Å²) >= 11 is 0. The van der Waals surface area contributed by atoms with Crippen molar-refractivity contribution in [2.45, 2.75) is 31.3 Å². The van der Waals surface area contributed by atoms with Crippen LogP contribution in [0, 0.1) is 0 Å². The van der Waals surface area contributed by atoms with E-state index >= 15 is 0 Å². The molecule has 2 rings (SSSR count). The van der Waals surface area contributed by atoms with Crippen molar-refractivity contribution >= 4 is 15.8 Å². The number of aromatic nitrogens is 4. The second-order valence-electron chi connectivity index (χ2n) is 4.34. The van der Waals surface area contributed by atoms with E-state index in [4.69, 9.17) is 5.73 Å². The van der Waals surface area contributed by atoms with Gasteiger partial charge in [-0.25, -0.2) is 18.1 Å². The Morgan fingerprint density at radius 2 is 2.20 bits per heavy atom. The van der Waals surface area contributed by atoms with E-state index in [9.17, 15) is 8.42 Å². The summed E-state index contributed by atoms with van der Waals surface area (Å²) in [4.78, 5) is 3.91. The van der Waals surface area contributed by atoms with E-state index in [-0.39, 0.29) is 17.3 Å². The second kappa shape index (κ2) is 6.06. The highest BCUT2D eigenvalue weighted by atomic mass is 32.2. The first kappa shape index (κ1) is 14.5. The molecule has 0 amide bonds. The first-order chi connectivity index (χ1) is 9.53. The lowest BCUT2D eigenvalue weighted by molar-refractivity contribution is 0.571. The molecule has 110 valence electrons. The molecule has 0 radical (unpaired) electrons. The molecule has 0 unspecified atom stereocenters. The first-order valence-corrected chi connectivity index (χ1v) is 7.79. The molecule has 3 N–H and O–H groups in total. The van der Waals surface area contributed by atoms with Gasteiger partial charge in [-0.3, -0.25) is 4.68 Å². The monoisotopic (exact) mass is 298 g/mol. The molecule has 0 aliphatic heterocycles.